The van der Waals surface area contributed by atoms with E-state index >= 15 is 0 Å². The first-order chi connectivity index (χ1) is 7.78. The van der Waals surface area contributed by atoms with Crippen molar-refractivity contribution in [2.45, 2.75) is 64.3 Å². The highest BCUT2D eigenvalue weighted by atomic mass is 28.4. The van der Waals surface area contributed by atoms with Crippen molar-refractivity contribution < 1.29 is 4.43 Å². The Labute approximate surface area is 107 Å². The van der Waals surface area contributed by atoms with Crippen LogP contribution in [-0.2, 0) is 4.43 Å². The Balaban J connectivity index is 2.68. The van der Waals surface area contributed by atoms with Gasteiger partial charge >= 0.3 is 0 Å². The lowest BCUT2D eigenvalue weighted by atomic mass is 10.1. The van der Waals surface area contributed by atoms with Crippen molar-refractivity contribution in [1.82, 2.24) is 0 Å². The van der Waals surface area contributed by atoms with Crippen molar-refractivity contribution in [2.75, 3.05) is 0 Å². The highest BCUT2D eigenvalue weighted by molar-refractivity contribution is 6.74. The molecule has 96 valence electrons. The number of hydrogen-bond donors (Lipinski definition) is 0. The van der Waals surface area contributed by atoms with E-state index in [1.807, 2.05) is 6.08 Å². The molecule has 0 bridgehead atoms. The SMILES string of the molecule is CC(C)(C)[Si](C)(C)O[C@H]1CCC[C@H]1C=CC#N. The van der Waals surface area contributed by atoms with Crippen LogP contribution in [0.3, 0.4) is 0 Å². The van der Waals surface area contributed by atoms with Crippen LogP contribution < -0.4 is 0 Å². The Hall–Kier alpha value is -0.593. The van der Waals surface area contributed by atoms with Gasteiger partial charge in [0.1, 0.15) is 0 Å². The minimum Gasteiger partial charge on any atom is -0.413 e. The molecule has 0 saturated heterocycles. The maximum atomic E-state index is 8.61. The van der Waals surface area contributed by atoms with Crippen LogP contribution in [0.25, 0.3) is 0 Å². The summed E-state index contributed by atoms with van der Waals surface area (Å²) in [5, 5.41) is 8.87. The summed E-state index contributed by atoms with van der Waals surface area (Å²) < 4.78 is 6.45. The second-order valence-electron chi connectivity index (χ2n) is 6.50. The molecule has 0 unspecified atom stereocenters. The summed E-state index contributed by atoms with van der Waals surface area (Å²) in [6, 6.07) is 2.08. The second-order valence-corrected chi connectivity index (χ2v) is 11.3. The summed E-state index contributed by atoms with van der Waals surface area (Å²) in [6.07, 6.45) is 7.51. The molecule has 0 spiro atoms. The standard InChI is InChI=1S/C14H25NOSi/c1-14(2,3)17(4,5)16-13-10-6-8-12(13)9-7-11-15/h7,9,12-13H,6,8,10H2,1-5H3/t12-,13-/m0/s1. The van der Waals surface area contributed by atoms with Gasteiger partial charge in [0.2, 0.25) is 0 Å². The molecule has 0 aromatic carbocycles. The van der Waals surface area contributed by atoms with Gasteiger partial charge in [-0.1, -0.05) is 33.3 Å². The zero-order valence-corrected chi connectivity index (χ0v) is 12.8. The largest absolute Gasteiger partial charge is 0.413 e. The lowest BCUT2D eigenvalue weighted by Crippen LogP contribution is -2.44. The molecule has 0 amide bonds. The van der Waals surface area contributed by atoms with Crippen LogP contribution in [0.1, 0.15) is 40.0 Å². The van der Waals surface area contributed by atoms with Gasteiger partial charge in [0.25, 0.3) is 0 Å². The predicted molar refractivity (Wildman–Crippen MR) is 74.2 cm³/mol. The van der Waals surface area contributed by atoms with E-state index in [1.54, 1.807) is 6.08 Å². The molecule has 1 saturated carbocycles. The Morgan fingerprint density at radius 1 is 1.29 bits per heavy atom. The number of hydrogen-bond acceptors (Lipinski definition) is 2. The van der Waals surface area contributed by atoms with Gasteiger partial charge < -0.3 is 4.43 Å². The molecule has 1 aliphatic carbocycles. The van der Waals surface area contributed by atoms with Crippen LogP contribution in [0.2, 0.25) is 18.1 Å². The normalized spacial score (nSPS) is 26.4. The number of nitrogens with zero attached hydrogens (tertiary/aromatic N) is 1. The van der Waals surface area contributed by atoms with Gasteiger partial charge in [-0.15, -0.1) is 0 Å². The molecule has 0 aromatic heterocycles. The topological polar surface area (TPSA) is 33.0 Å². The zero-order valence-electron chi connectivity index (χ0n) is 11.8. The van der Waals surface area contributed by atoms with Gasteiger partial charge in [-0.3, -0.25) is 0 Å². The average molecular weight is 251 g/mol. The molecule has 3 heteroatoms. The summed E-state index contributed by atoms with van der Waals surface area (Å²) in [5.74, 6) is 0.448. The Bertz CT molecular complexity index is 322. The van der Waals surface area contributed by atoms with Crippen molar-refractivity contribution in [3.05, 3.63) is 12.2 Å². The minimum absolute atomic E-state index is 0.263. The summed E-state index contributed by atoms with van der Waals surface area (Å²) >= 11 is 0. The Morgan fingerprint density at radius 2 is 1.94 bits per heavy atom. The molecule has 2 nitrogen and oxygen atoms in total. The average Bonchev–Trinajstić information content (AvgIpc) is 2.60. The lowest BCUT2D eigenvalue weighted by molar-refractivity contribution is 0.160. The van der Waals surface area contributed by atoms with E-state index in [0.29, 0.717) is 12.0 Å². The van der Waals surface area contributed by atoms with E-state index in [2.05, 4.69) is 39.9 Å². The van der Waals surface area contributed by atoms with E-state index < -0.39 is 8.32 Å². The molecule has 0 N–H and O–H groups in total. The van der Waals surface area contributed by atoms with E-state index in [-0.39, 0.29) is 5.04 Å². The van der Waals surface area contributed by atoms with Crippen LogP contribution in [0.5, 0.6) is 0 Å². The van der Waals surface area contributed by atoms with Crippen LogP contribution in [0.4, 0.5) is 0 Å². The molecule has 0 radical (unpaired) electrons. The predicted octanol–water partition coefficient (Wildman–Crippen LogP) is 4.26. The monoisotopic (exact) mass is 251 g/mol. The minimum atomic E-state index is -1.67. The fourth-order valence-corrected chi connectivity index (χ4v) is 3.45. The smallest absolute Gasteiger partial charge is 0.192 e. The highest BCUT2D eigenvalue weighted by Crippen LogP contribution is 2.41. The molecule has 1 aliphatic rings. The Kier molecular flexibility index (Phi) is 4.57. The summed E-state index contributed by atoms with van der Waals surface area (Å²) in [7, 11) is -1.67. The van der Waals surface area contributed by atoms with Gasteiger partial charge in [0.15, 0.2) is 8.32 Å². The van der Waals surface area contributed by atoms with Crippen molar-refractivity contribution in [2.24, 2.45) is 5.92 Å². The van der Waals surface area contributed by atoms with Crippen LogP contribution in [0, 0.1) is 17.2 Å². The molecule has 2 atom stereocenters. The van der Waals surface area contributed by atoms with Gasteiger partial charge in [0, 0.05) is 12.0 Å². The first-order valence-electron chi connectivity index (χ1n) is 6.52. The fraction of sp³-hybridized carbons (Fsp3) is 0.786. The van der Waals surface area contributed by atoms with Crippen LogP contribution in [0.15, 0.2) is 12.2 Å². The van der Waals surface area contributed by atoms with Gasteiger partial charge in [-0.25, -0.2) is 0 Å². The van der Waals surface area contributed by atoms with Crippen molar-refractivity contribution in [3.8, 4) is 6.07 Å². The summed E-state index contributed by atoms with van der Waals surface area (Å²) in [4.78, 5) is 0. The third kappa shape index (κ3) is 3.69. The second kappa shape index (κ2) is 5.37. The summed E-state index contributed by atoms with van der Waals surface area (Å²) in [5.41, 5.74) is 0. The maximum absolute atomic E-state index is 8.61. The molecular weight excluding hydrogens is 226 g/mol. The number of nitriles is 1. The van der Waals surface area contributed by atoms with E-state index in [1.165, 1.54) is 6.42 Å². The van der Waals surface area contributed by atoms with Crippen molar-refractivity contribution in [3.63, 3.8) is 0 Å². The first kappa shape index (κ1) is 14.5. The van der Waals surface area contributed by atoms with Gasteiger partial charge in [-0.05, 0) is 31.0 Å². The zero-order chi connectivity index (χ0) is 13.1. The quantitative estimate of drug-likeness (QED) is 0.555. The van der Waals surface area contributed by atoms with Crippen LogP contribution >= 0.6 is 0 Å². The number of rotatable bonds is 3. The third-order valence-electron chi connectivity index (χ3n) is 4.17. The van der Waals surface area contributed by atoms with Crippen LogP contribution in [-0.4, -0.2) is 14.4 Å². The molecule has 1 fully saturated rings. The molecule has 0 heterocycles. The molecule has 17 heavy (non-hydrogen) atoms. The number of allylic oxidation sites excluding steroid dienone is 1. The van der Waals surface area contributed by atoms with Crippen molar-refractivity contribution in [1.29, 1.82) is 5.26 Å². The molecular formula is C14H25NOSi. The van der Waals surface area contributed by atoms with E-state index in [4.69, 9.17) is 9.69 Å². The third-order valence-corrected chi connectivity index (χ3v) is 8.68. The van der Waals surface area contributed by atoms with Crippen molar-refractivity contribution >= 4 is 8.32 Å². The summed E-state index contributed by atoms with van der Waals surface area (Å²) in [6.45, 7) is 11.4. The lowest BCUT2D eigenvalue weighted by Gasteiger charge is -2.39. The fourth-order valence-electron chi connectivity index (χ4n) is 2.04. The van der Waals surface area contributed by atoms with E-state index in [0.717, 1.165) is 12.8 Å². The van der Waals surface area contributed by atoms with E-state index in [9.17, 15) is 0 Å². The van der Waals surface area contributed by atoms with Gasteiger partial charge in [-0.2, -0.15) is 5.26 Å². The first-order valence-corrected chi connectivity index (χ1v) is 9.43. The Morgan fingerprint density at radius 3 is 2.47 bits per heavy atom. The maximum Gasteiger partial charge on any atom is 0.192 e. The van der Waals surface area contributed by atoms with Gasteiger partial charge in [0.05, 0.1) is 12.2 Å². The highest BCUT2D eigenvalue weighted by Gasteiger charge is 2.41. The molecule has 0 aliphatic heterocycles. The molecule has 1 rings (SSSR count). The molecule has 0 aromatic rings.